The maximum atomic E-state index is 13.9. The molecule has 1 aliphatic heterocycles. The van der Waals surface area contributed by atoms with Crippen LogP contribution in [-0.4, -0.2) is 30.7 Å². The quantitative estimate of drug-likeness (QED) is 0.682. The molecule has 1 aliphatic rings. The van der Waals surface area contributed by atoms with Crippen LogP contribution in [0.5, 0.6) is 0 Å². The van der Waals surface area contributed by atoms with E-state index >= 15 is 0 Å². The van der Waals surface area contributed by atoms with Crippen LogP contribution in [0.4, 0.5) is 19.3 Å². The van der Waals surface area contributed by atoms with Gasteiger partial charge in [0.15, 0.2) is 0 Å². The maximum Gasteiger partial charge on any atom is 0.409 e. The number of carbonyl (C=O) groups is 1. The van der Waals surface area contributed by atoms with Crippen molar-refractivity contribution >= 4 is 11.8 Å². The molecular formula is C16H22F2N2O2. The van der Waals surface area contributed by atoms with Crippen molar-refractivity contribution in [3.8, 4) is 0 Å². The van der Waals surface area contributed by atoms with Crippen molar-refractivity contribution < 1.29 is 18.3 Å². The van der Waals surface area contributed by atoms with E-state index in [1.54, 1.807) is 4.90 Å². The van der Waals surface area contributed by atoms with Gasteiger partial charge in [-0.3, -0.25) is 0 Å². The van der Waals surface area contributed by atoms with Crippen LogP contribution >= 0.6 is 0 Å². The number of nitrogens with two attached hydrogens (primary N) is 1. The number of carbonyl (C=O) groups excluding carboxylic acids is 1. The molecule has 22 heavy (non-hydrogen) atoms. The second-order valence-corrected chi connectivity index (χ2v) is 5.62. The van der Waals surface area contributed by atoms with E-state index in [0.29, 0.717) is 38.1 Å². The second kappa shape index (κ2) is 7.42. The summed E-state index contributed by atoms with van der Waals surface area (Å²) < 4.78 is 32.2. The zero-order valence-corrected chi connectivity index (χ0v) is 12.8. The lowest BCUT2D eigenvalue weighted by Crippen LogP contribution is -2.38. The summed E-state index contributed by atoms with van der Waals surface area (Å²) in [6.45, 7) is 3.47. The van der Waals surface area contributed by atoms with Gasteiger partial charge >= 0.3 is 6.09 Å². The topological polar surface area (TPSA) is 55.6 Å². The molecular weight excluding hydrogens is 290 g/mol. The molecule has 0 aromatic heterocycles. The number of nitrogens with zero attached hydrogens (tertiary/aromatic N) is 1. The number of anilines is 1. The molecule has 0 saturated carbocycles. The number of halogens is 2. The molecule has 0 unspecified atom stereocenters. The summed E-state index contributed by atoms with van der Waals surface area (Å²) in [6, 6.07) is 2.20. The van der Waals surface area contributed by atoms with E-state index < -0.39 is 11.6 Å². The van der Waals surface area contributed by atoms with Crippen molar-refractivity contribution in [2.45, 2.75) is 38.5 Å². The first-order valence-electron chi connectivity index (χ1n) is 7.69. The summed E-state index contributed by atoms with van der Waals surface area (Å²) in [5.41, 5.74) is 5.90. The van der Waals surface area contributed by atoms with Gasteiger partial charge in [0, 0.05) is 19.2 Å². The first-order valence-corrected chi connectivity index (χ1v) is 7.69. The number of nitrogen functional groups attached to an aromatic ring is 1. The summed E-state index contributed by atoms with van der Waals surface area (Å²) in [7, 11) is 0. The number of ether oxygens (including phenoxy) is 1. The molecule has 0 radical (unpaired) electrons. The molecule has 0 spiro atoms. The van der Waals surface area contributed by atoms with E-state index in [1.165, 1.54) is 6.07 Å². The Hall–Kier alpha value is -1.85. The van der Waals surface area contributed by atoms with Crippen molar-refractivity contribution in [2.24, 2.45) is 0 Å². The van der Waals surface area contributed by atoms with E-state index in [2.05, 4.69) is 0 Å². The monoisotopic (exact) mass is 312 g/mol. The fourth-order valence-corrected chi connectivity index (χ4v) is 2.66. The second-order valence-electron chi connectivity index (χ2n) is 5.62. The highest BCUT2D eigenvalue weighted by molar-refractivity contribution is 5.67. The molecule has 1 aromatic rings. The Balaban J connectivity index is 1.92. The largest absolute Gasteiger partial charge is 0.449 e. The van der Waals surface area contributed by atoms with Crippen LogP contribution in [0, 0.1) is 11.6 Å². The average molecular weight is 312 g/mol. The Morgan fingerprint density at radius 1 is 1.32 bits per heavy atom. The molecule has 4 nitrogen and oxygen atoms in total. The van der Waals surface area contributed by atoms with Crippen molar-refractivity contribution in [2.75, 3.05) is 25.4 Å². The number of rotatable bonds is 4. The minimum Gasteiger partial charge on any atom is -0.449 e. The standard InChI is InChI=1S/C16H22F2N2O2/c1-2-3-8-22-16(21)20-6-4-11(5-7-20)12-9-15(19)14(18)10-13(12)17/h9-11H,2-8,19H2,1H3. The van der Waals surface area contributed by atoms with Gasteiger partial charge in [-0.05, 0) is 36.8 Å². The molecule has 1 saturated heterocycles. The fourth-order valence-electron chi connectivity index (χ4n) is 2.66. The molecule has 0 aliphatic carbocycles. The first-order chi connectivity index (χ1) is 10.5. The predicted octanol–water partition coefficient (Wildman–Crippen LogP) is 3.66. The molecule has 2 N–H and O–H groups in total. The number of likely N-dealkylation sites (tertiary alicyclic amines) is 1. The number of unbranched alkanes of at least 4 members (excludes halogenated alkanes) is 1. The Morgan fingerprint density at radius 3 is 2.64 bits per heavy atom. The number of hydrogen-bond acceptors (Lipinski definition) is 3. The Kier molecular flexibility index (Phi) is 5.57. The number of benzene rings is 1. The van der Waals surface area contributed by atoms with Gasteiger partial charge in [0.05, 0.1) is 12.3 Å². The zero-order valence-electron chi connectivity index (χ0n) is 12.8. The first kappa shape index (κ1) is 16.5. The molecule has 2 rings (SSSR count). The van der Waals surface area contributed by atoms with Gasteiger partial charge in [-0.15, -0.1) is 0 Å². The van der Waals surface area contributed by atoms with Gasteiger partial charge in [-0.1, -0.05) is 13.3 Å². The lowest BCUT2D eigenvalue weighted by Gasteiger charge is -2.31. The smallest absolute Gasteiger partial charge is 0.409 e. The summed E-state index contributed by atoms with van der Waals surface area (Å²) in [6.07, 6.45) is 2.74. The summed E-state index contributed by atoms with van der Waals surface area (Å²) >= 11 is 0. The number of hydrogen-bond donors (Lipinski definition) is 1. The summed E-state index contributed by atoms with van der Waals surface area (Å²) in [5, 5.41) is 0. The molecule has 1 fully saturated rings. The van der Waals surface area contributed by atoms with Crippen molar-refractivity contribution in [1.82, 2.24) is 4.90 Å². The van der Waals surface area contributed by atoms with E-state index in [0.717, 1.165) is 18.9 Å². The Morgan fingerprint density at radius 2 is 2.00 bits per heavy atom. The molecule has 1 amide bonds. The van der Waals surface area contributed by atoms with Gasteiger partial charge in [0.1, 0.15) is 11.6 Å². The van der Waals surface area contributed by atoms with Gasteiger partial charge < -0.3 is 15.4 Å². The average Bonchev–Trinajstić information content (AvgIpc) is 2.51. The van der Waals surface area contributed by atoms with Gasteiger partial charge in [-0.25, -0.2) is 13.6 Å². The van der Waals surface area contributed by atoms with Crippen LogP contribution in [0.1, 0.15) is 44.1 Å². The Labute approximate surface area is 129 Å². The van der Waals surface area contributed by atoms with E-state index in [-0.39, 0.29) is 17.7 Å². The van der Waals surface area contributed by atoms with Gasteiger partial charge in [0.2, 0.25) is 0 Å². The maximum absolute atomic E-state index is 13.9. The minimum atomic E-state index is -0.738. The molecule has 0 bridgehead atoms. The third-order valence-corrected chi connectivity index (χ3v) is 4.03. The zero-order chi connectivity index (χ0) is 16.1. The van der Waals surface area contributed by atoms with Crippen LogP contribution in [0.15, 0.2) is 12.1 Å². The lowest BCUT2D eigenvalue weighted by molar-refractivity contribution is 0.0914. The van der Waals surface area contributed by atoms with Crippen LogP contribution in [0.25, 0.3) is 0 Å². The van der Waals surface area contributed by atoms with Crippen molar-refractivity contribution in [1.29, 1.82) is 0 Å². The third-order valence-electron chi connectivity index (χ3n) is 4.03. The van der Waals surface area contributed by atoms with Crippen LogP contribution in [0.2, 0.25) is 0 Å². The molecule has 122 valence electrons. The SMILES string of the molecule is CCCCOC(=O)N1CCC(c2cc(N)c(F)cc2F)CC1. The van der Waals surface area contributed by atoms with E-state index in [4.69, 9.17) is 10.5 Å². The van der Waals surface area contributed by atoms with Crippen LogP contribution in [-0.2, 0) is 4.74 Å². The highest BCUT2D eigenvalue weighted by atomic mass is 19.1. The molecule has 1 heterocycles. The normalized spacial score (nSPS) is 15.9. The predicted molar refractivity (Wildman–Crippen MR) is 80.6 cm³/mol. The highest BCUT2D eigenvalue weighted by Crippen LogP contribution is 2.32. The third kappa shape index (κ3) is 3.87. The number of piperidine rings is 1. The molecule has 6 heteroatoms. The number of amides is 1. The minimum absolute atomic E-state index is 0.0437. The van der Waals surface area contributed by atoms with Gasteiger partial charge in [0.25, 0.3) is 0 Å². The summed E-state index contributed by atoms with van der Waals surface area (Å²) in [5.74, 6) is -1.36. The fraction of sp³-hybridized carbons (Fsp3) is 0.562. The molecule has 0 atom stereocenters. The van der Waals surface area contributed by atoms with Crippen molar-refractivity contribution in [3.63, 3.8) is 0 Å². The summed E-state index contributed by atoms with van der Waals surface area (Å²) in [4.78, 5) is 13.5. The van der Waals surface area contributed by atoms with Crippen molar-refractivity contribution in [3.05, 3.63) is 29.3 Å². The lowest BCUT2D eigenvalue weighted by atomic mass is 9.89. The van der Waals surface area contributed by atoms with Crippen LogP contribution in [0.3, 0.4) is 0 Å². The molecule has 1 aromatic carbocycles. The highest BCUT2D eigenvalue weighted by Gasteiger charge is 2.26. The van der Waals surface area contributed by atoms with Crippen LogP contribution < -0.4 is 5.73 Å². The van der Waals surface area contributed by atoms with E-state index in [1.807, 2.05) is 6.92 Å². The Bertz CT molecular complexity index is 529. The van der Waals surface area contributed by atoms with E-state index in [9.17, 15) is 13.6 Å². The van der Waals surface area contributed by atoms with Gasteiger partial charge in [-0.2, -0.15) is 0 Å².